The fourth-order valence-corrected chi connectivity index (χ4v) is 2.74. The molecule has 1 heterocycles. The van der Waals surface area contributed by atoms with Crippen LogP contribution in [-0.2, 0) is 0 Å². The number of ether oxygens (including phenoxy) is 1. The molecule has 102 valence electrons. The second-order valence-electron chi connectivity index (χ2n) is 5.69. The molecule has 1 aromatic rings. The molecule has 1 aromatic carbocycles. The van der Waals surface area contributed by atoms with E-state index in [1.807, 2.05) is 18.2 Å². The fraction of sp³-hybridized carbons (Fsp3) is 0.562. The van der Waals surface area contributed by atoms with Gasteiger partial charge in [-0.2, -0.15) is 0 Å². The Kier molecular flexibility index (Phi) is 3.83. The molecule has 2 fully saturated rings. The molecule has 0 spiro atoms. The Labute approximate surface area is 114 Å². The summed E-state index contributed by atoms with van der Waals surface area (Å²) < 4.78 is 6.03. The first-order valence-electron chi connectivity index (χ1n) is 7.29. The maximum absolute atomic E-state index is 10.9. The molecule has 0 amide bonds. The minimum Gasteiger partial charge on any atom is -0.493 e. The second-order valence-corrected chi connectivity index (χ2v) is 5.69. The lowest BCUT2D eigenvalue weighted by atomic mass is 9.99. The summed E-state index contributed by atoms with van der Waals surface area (Å²) in [5, 5.41) is 3.37. The largest absolute Gasteiger partial charge is 0.493 e. The second kappa shape index (κ2) is 5.74. The predicted molar refractivity (Wildman–Crippen MR) is 74.9 cm³/mol. The highest BCUT2D eigenvalue weighted by Gasteiger charge is 2.27. The molecule has 0 unspecified atom stereocenters. The summed E-state index contributed by atoms with van der Waals surface area (Å²) >= 11 is 0. The van der Waals surface area contributed by atoms with Gasteiger partial charge in [-0.05, 0) is 74.4 Å². The Morgan fingerprint density at radius 1 is 1.21 bits per heavy atom. The van der Waals surface area contributed by atoms with E-state index in [0.717, 1.165) is 37.3 Å². The Morgan fingerprint density at radius 3 is 2.68 bits per heavy atom. The van der Waals surface area contributed by atoms with Crippen LogP contribution < -0.4 is 10.1 Å². The smallest absolute Gasteiger partial charge is 0.150 e. The lowest BCUT2D eigenvalue weighted by Crippen LogP contribution is -2.30. The van der Waals surface area contributed by atoms with Gasteiger partial charge in [0, 0.05) is 5.56 Å². The number of piperidine rings is 1. The van der Waals surface area contributed by atoms with E-state index in [1.165, 1.54) is 31.2 Å². The van der Waals surface area contributed by atoms with Crippen LogP contribution in [0.15, 0.2) is 18.2 Å². The van der Waals surface area contributed by atoms with Crippen molar-refractivity contribution in [1.82, 2.24) is 5.32 Å². The summed E-state index contributed by atoms with van der Waals surface area (Å²) in [5.74, 6) is 2.27. The van der Waals surface area contributed by atoms with Gasteiger partial charge in [0.1, 0.15) is 12.0 Å². The number of carbonyl (C=O) groups is 1. The van der Waals surface area contributed by atoms with E-state index < -0.39 is 0 Å². The molecule has 3 nitrogen and oxygen atoms in total. The highest BCUT2D eigenvalue weighted by atomic mass is 16.5. The number of hydrogen-bond acceptors (Lipinski definition) is 3. The molecule has 0 bridgehead atoms. The Balaban J connectivity index is 1.67. The van der Waals surface area contributed by atoms with Gasteiger partial charge in [0.25, 0.3) is 0 Å². The zero-order chi connectivity index (χ0) is 13.1. The average molecular weight is 259 g/mol. The van der Waals surface area contributed by atoms with Gasteiger partial charge in [-0.15, -0.1) is 0 Å². The van der Waals surface area contributed by atoms with Crippen LogP contribution >= 0.6 is 0 Å². The zero-order valence-corrected chi connectivity index (χ0v) is 11.2. The maximum Gasteiger partial charge on any atom is 0.150 e. The minimum absolute atomic E-state index is 0.614. The van der Waals surface area contributed by atoms with E-state index in [2.05, 4.69) is 5.32 Å². The quantitative estimate of drug-likeness (QED) is 0.826. The summed E-state index contributed by atoms with van der Waals surface area (Å²) in [5.41, 5.74) is 2.00. The van der Waals surface area contributed by atoms with E-state index in [0.29, 0.717) is 11.8 Å². The third-order valence-electron chi connectivity index (χ3n) is 4.12. The lowest BCUT2D eigenvalue weighted by molar-refractivity contribution is 0.112. The summed E-state index contributed by atoms with van der Waals surface area (Å²) in [7, 11) is 0. The van der Waals surface area contributed by atoms with Crippen molar-refractivity contribution in [2.45, 2.75) is 31.6 Å². The molecule has 1 saturated carbocycles. The van der Waals surface area contributed by atoms with Gasteiger partial charge in [-0.3, -0.25) is 4.79 Å². The highest BCUT2D eigenvalue weighted by Crippen LogP contribution is 2.44. The van der Waals surface area contributed by atoms with E-state index in [4.69, 9.17) is 4.74 Å². The topological polar surface area (TPSA) is 38.3 Å². The number of aldehydes is 1. The first-order valence-corrected chi connectivity index (χ1v) is 7.29. The number of carbonyl (C=O) groups excluding carboxylic acids is 1. The van der Waals surface area contributed by atoms with Gasteiger partial charge in [0.05, 0.1) is 6.61 Å². The van der Waals surface area contributed by atoms with Crippen molar-refractivity contribution in [2.75, 3.05) is 19.7 Å². The SMILES string of the molecule is O=Cc1ccc(OCC2CCNCC2)c(C2CC2)c1. The molecule has 2 aliphatic rings. The third kappa shape index (κ3) is 3.16. The third-order valence-corrected chi connectivity index (χ3v) is 4.12. The minimum atomic E-state index is 0.614. The first-order chi connectivity index (χ1) is 9.36. The van der Waals surface area contributed by atoms with Crippen molar-refractivity contribution < 1.29 is 9.53 Å². The molecule has 3 rings (SSSR count). The van der Waals surface area contributed by atoms with Crippen molar-refractivity contribution in [2.24, 2.45) is 5.92 Å². The number of rotatable bonds is 5. The maximum atomic E-state index is 10.9. The Hall–Kier alpha value is -1.35. The van der Waals surface area contributed by atoms with Crippen LogP contribution in [0.1, 0.15) is 47.5 Å². The van der Waals surface area contributed by atoms with Crippen LogP contribution in [0.2, 0.25) is 0 Å². The highest BCUT2D eigenvalue weighted by molar-refractivity contribution is 5.75. The molecule has 1 aliphatic heterocycles. The van der Waals surface area contributed by atoms with Crippen molar-refractivity contribution in [3.63, 3.8) is 0 Å². The number of benzene rings is 1. The van der Waals surface area contributed by atoms with Crippen molar-refractivity contribution >= 4 is 6.29 Å². The summed E-state index contributed by atoms with van der Waals surface area (Å²) in [6, 6.07) is 5.83. The molecule has 0 atom stereocenters. The van der Waals surface area contributed by atoms with E-state index in [1.54, 1.807) is 0 Å². The Bertz CT molecular complexity index is 448. The molecule has 19 heavy (non-hydrogen) atoms. The molecule has 1 aliphatic carbocycles. The van der Waals surface area contributed by atoms with Gasteiger partial charge < -0.3 is 10.1 Å². The van der Waals surface area contributed by atoms with Gasteiger partial charge in [-0.25, -0.2) is 0 Å². The molecular formula is C16H21NO2. The van der Waals surface area contributed by atoms with Crippen LogP contribution in [0, 0.1) is 5.92 Å². The van der Waals surface area contributed by atoms with Crippen LogP contribution in [-0.4, -0.2) is 26.0 Å². The van der Waals surface area contributed by atoms with Crippen LogP contribution in [0.25, 0.3) is 0 Å². The number of nitrogens with one attached hydrogen (secondary N) is 1. The van der Waals surface area contributed by atoms with Crippen molar-refractivity contribution in [3.8, 4) is 5.75 Å². The molecule has 0 radical (unpaired) electrons. The summed E-state index contributed by atoms with van der Waals surface area (Å²) in [6.45, 7) is 3.02. The van der Waals surface area contributed by atoms with Crippen LogP contribution in [0.5, 0.6) is 5.75 Å². The van der Waals surface area contributed by atoms with Gasteiger partial charge in [0.2, 0.25) is 0 Å². The van der Waals surface area contributed by atoms with Crippen molar-refractivity contribution in [3.05, 3.63) is 29.3 Å². The normalized spacial score (nSPS) is 20.2. The summed E-state index contributed by atoms with van der Waals surface area (Å²) in [6.07, 6.45) is 5.77. The lowest BCUT2D eigenvalue weighted by Gasteiger charge is -2.23. The predicted octanol–water partition coefficient (Wildman–Crippen LogP) is 2.75. The molecule has 0 aromatic heterocycles. The average Bonchev–Trinajstić information content (AvgIpc) is 3.30. The zero-order valence-electron chi connectivity index (χ0n) is 11.2. The summed E-state index contributed by atoms with van der Waals surface area (Å²) in [4.78, 5) is 10.9. The monoisotopic (exact) mass is 259 g/mol. The van der Waals surface area contributed by atoms with E-state index in [-0.39, 0.29) is 0 Å². The van der Waals surface area contributed by atoms with E-state index >= 15 is 0 Å². The molecule has 3 heteroatoms. The van der Waals surface area contributed by atoms with Gasteiger partial charge in [0.15, 0.2) is 0 Å². The van der Waals surface area contributed by atoms with Crippen LogP contribution in [0.3, 0.4) is 0 Å². The van der Waals surface area contributed by atoms with Gasteiger partial charge >= 0.3 is 0 Å². The molecule has 1 N–H and O–H groups in total. The molecule has 1 saturated heterocycles. The first kappa shape index (κ1) is 12.7. The Morgan fingerprint density at radius 2 is 2.00 bits per heavy atom. The fourth-order valence-electron chi connectivity index (χ4n) is 2.74. The van der Waals surface area contributed by atoms with Gasteiger partial charge in [-0.1, -0.05) is 0 Å². The van der Waals surface area contributed by atoms with Crippen molar-refractivity contribution in [1.29, 1.82) is 0 Å². The van der Waals surface area contributed by atoms with E-state index in [9.17, 15) is 4.79 Å². The molecular weight excluding hydrogens is 238 g/mol. The standard InChI is InChI=1S/C16H21NO2/c18-10-13-1-4-16(15(9-13)14-2-3-14)19-11-12-5-7-17-8-6-12/h1,4,9-10,12,14,17H,2-3,5-8,11H2. The number of hydrogen-bond donors (Lipinski definition) is 1. The van der Waals surface area contributed by atoms with Crippen LogP contribution in [0.4, 0.5) is 0 Å².